The van der Waals surface area contributed by atoms with Gasteiger partial charge in [0.2, 0.25) is 0 Å². The van der Waals surface area contributed by atoms with Crippen LogP contribution in [-0.2, 0) is 6.54 Å². The van der Waals surface area contributed by atoms with E-state index in [0.717, 1.165) is 34.6 Å². The van der Waals surface area contributed by atoms with E-state index in [9.17, 15) is 0 Å². The van der Waals surface area contributed by atoms with Crippen LogP contribution in [0.4, 0.5) is 0 Å². The lowest BCUT2D eigenvalue weighted by Crippen LogP contribution is -2.45. The minimum Gasteiger partial charge on any atom is -0.464 e. The lowest BCUT2D eigenvalue weighted by atomic mass is 9.92. The summed E-state index contributed by atoms with van der Waals surface area (Å²) in [7, 11) is 0. The monoisotopic (exact) mass is 497 g/mol. The number of benzene rings is 2. The second-order valence-corrected chi connectivity index (χ2v) is 8.18. The van der Waals surface area contributed by atoms with E-state index in [1.54, 1.807) is 17.6 Å². The van der Waals surface area contributed by atoms with Crippen LogP contribution in [0.25, 0.3) is 21.5 Å². The first kappa shape index (κ1) is 25.7. The first-order valence-electron chi connectivity index (χ1n) is 9.80. The normalized spacial score (nSPS) is 17.9. The van der Waals surface area contributed by atoms with Gasteiger partial charge in [0.1, 0.15) is 10.6 Å². The van der Waals surface area contributed by atoms with Crippen LogP contribution >= 0.6 is 48.6 Å². The lowest BCUT2D eigenvalue weighted by molar-refractivity contribution is 0.304. The first-order valence-corrected chi connectivity index (χ1v) is 10.7. The number of nitrogens with one attached hydrogen (secondary N) is 2. The minimum atomic E-state index is 0. The highest BCUT2D eigenvalue weighted by Crippen LogP contribution is 2.30. The second kappa shape index (κ2) is 11.9. The predicted octanol–water partition coefficient (Wildman–Crippen LogP) is 6.40. The number of fused-ring (bicyclic) bond motifs is 1. The largest absolute Gasteiger partial charge is 0.464 e. The molecule has 31 heavy (non-hydrogen) atoms. The summed E-state index contributed by atoms with van der Waals surface area (Å²) in [5.41, 5.74) is 4.65. The molecule has 1 aliphatic heterocycles. The molecule has 0 aliphatic carbocycles. The zero-order valence-corrected chi connectivity index (χ0v) is 20.1. The highest BCUT2D eigenvalue weighted by Gasteiger charge is 2.25. The minimum absolute atomic E-state index is 0. The van der Waals surface area contributed by atoms with Gasteiger partial charge in [0.05, 0.1) is 6.26 Å². The molecule has 8 heteroatoms. The van der Waals surface area contributed by atoms with Crippen LogP contribution in [0, 0.1) is 0 Å². The Kier molecular flexibility index (Phi) is 9.82. The van der Waals surface area contributed by atoms with E-state index in [1.807, 2.05) is 17.6 Å². The molecular weight excluding hydrogens is 473 g/mol. The van der Waals surface area contributed by atoms with Crippen molar-refractivity contribution in [3.63, 3.8) is 0 Å². The maximum atomic E-state index is 5.80. The number of furan rings is 1. The van der Waals surface area contributed by atoms with Gasteiger partial charge in [0.15, 0.2) is 0 Å². The number of thiazole rings is 1. The molecule has 0 amide bonds. The predicted molar refractivity (Wildman–Crippen MR) is 136 cm³/mol. The Hall–Kier alpha value is -1.60. The van der Waals surface area contributed by atoms with Crippen molar-refractivity contribution in [1.29, 1.82) is 0 Å². The van der Waals surface area contributed by atoms with Crippen LogP contribution in [0.2, 0.25) is 0 Å². The topological polar surface area (TPSA) is 50.1 Å². The second-order valence-electron chi connectivity index (χ2n) is 7.28. The SMILES string of the molecule is Cl.Cl.Cl.c1ccc(C2NCCCC2NCc2cc(-c3nccs3)cc3ccoc23)cc1. The van der Waals surface area contributed by atoms with Gasteiger partial charge in [-0.25, -0.2) is 4.98 Å². The smallest absolute Gasteiger partial charge is 0.138 e. The molecule has 2 unspecified atom stereocenters. The van der Waals surface area contributed by atoms with Crippen LogP contribution in [0.3, 0.4) is 0 Å². The van der Waals surface area contributed by atoms with Crippen LogP contribution in [0.5, 0.6) is 0 Å². The molecule has 1 fully saturated rings. The number of piperidine rings is 1. The first-order chi connectivity index (χ1) is 13.9. The Labute approximate surface area is 205 Å². The molecular formula is C23H26Cl3N3OS. The maximum Gasteiger partial charge on any atom is 0.138 e. The van der Waals surface area contributed by atoms with Crippen molar-refractivity contribution in [2.24, 2.45) is 0 Å². The molecule has 1 aliphatic rings. The number of halogens is 3. The quantitative estimate of drug-likeness (QED) is 0.334. The average Bonchev–Trinajstić information content (AvgIpc) is 3.44. The van der Waals surface area contributed by atoms with Crippen molar-refractivity contribution in [2.75, 3.05) is 6.54 Å². The van der Waals surface area contributed by atoms with E-state index in [2.05, 4.69) is 58.1 Å². The van der Waals surface area contributed by atoms with Crippen LogP contribution in [0.15, 0.2) is 70.8 Å². The van der Waals surface area contributed by atoms with Gasteiger partial charge in [-0.05, 0) is 43.1 Å². The molecule has 2 N–H and O–H groups in total. The summed E-state index contributed by atoms with van der Waals surface area (Å²) in [6.45, 7) is 1.85. The van der Waals surface area contributed by atoms with Crippen LogP contribution in [-0.4, -0.2) is 17.6 Å². The molecule has 166 valence electrons. The zero-order valence-electron chi connectivity index (χ0n) is 16.8. The Bertz CT molecular complexity index is 1060. The Morgan fingerprint density at radius 3 is 2.71 bits per heavy atom. The van der Waals surface area contributed by atoms with Gasteiger partial charge in [-0.15, -0.1) is 48.6 Å². The molecule has 0 spiro atoms. The third kappa shape index (κ3) is 5.61. The fourth-order valence-corrected chi connectivity index (χ4v) is 4.76. The lowest BCUT2D eigenvalue weighted by Gasteiger charge is -2.34. The summed E-state index contributed by atoms with van der Waals surface area (Å²) in [5.74, 6) is 0. The molecule has 4 nitrogen and oxygen atoms in total. The van der Waals surface area contributed by atoms with Crippen molar-refractivity contribution in [3.05, 3.63) is 77.5 Å². The maximum absolute atomic E-state index is 5.80. The summed E-state index contributed by atoms with van der Waals surface area (Å²) < 4.78 is 5.80. The molecule has 1 saturated heterocycles. The van der Waals surface area contributed by atoms with Gasteiger partial charge in [0, 0.05) is 46.7 Å². The molecule has 0 saturated carbocycles. The zero-order chi connectivity index (χ0) is 18.8. The van der Waals surface area contributed by atoms with E-state index < -0.39 is 0 Å². The molecule has 2 atom stereocenters. The van der Waals surface area contributed by atoms with Gasteiger partial charge in [-0.3, -0.25) is 0 Å². The third-order valence-electron chi connectivity index (χ3n) is 5.48. The Morgan fingerprint density at radius 1 is 1.10 bits per heavy atom. The molecule has 0 radical (unpaired) electrons. The van der Waals surface area contributed by atoms with Gasteiger partial charge in [0.25, 0.3) is 0 Å². The van der Waals surface area contributed by atoms with Crippen molar-refractivity contribution in [1.82, 2.24) is 15.6 Å². The molecule has 2 aromatic heterocycles. The summed E-state index contributed by atoms with van der Waals surface area (Å²) in [6, 6.07) is 17.9. The van der Waals surface area contributed by atoms with Gasteiger partial charge < -0.3 is 15.1 Å². The number of rotatable bonds is 5. The number of hydrogen-bond acceptors (Lipinski definition) is 5. The summed E-state index contributed by atoms with van der Waals surface area (Å²) in [6.07, 6.45) is 5.99. The van der Waals surface area contributed by atoms with E-state index in [1.165, 1.54) is 24.0 Å². The Balaban J connectivity index is 0.00000114. The van der Waals surface area contributed by atoms with Gasteiger partial charge in [-0.2, -0.15) is 0 Å². The van der Waals surface area contributed by atoms with Gasteiger partial charge >= 0.3 is 0 Å². The van der Waals surface area contributed by atoms with Crippen LogP contribution in [0.1, 0.15) is 30.0 Å². The Morgan fingerprint density at radius 2 is 1.94 bits per heavy atom. The summed E-state index contributed by atoms with van der Waals surface area (Å²) in [4.78, 5) is 4.48. The number of aromatic nitrogens is 1. The molecule has 0 bridgehead atoms. The molecule has 4 aromatic rings. The standard InChI is InChI=1S/C23H23N3OS.3ClH/c1-2-5-16(6-3-1)21-20(7-4-9-24-21)26-15-19-14-18(23-25-10-12-28-23)13-17-8-11-27-22(17)19;;;/h1-3,5-6,8,10-14,20-21,24,26H,4,7,9,15H2;3*1H. The third-order valence-corrected chi connectivity index (χ3v) is 6.30. The van der Waals surface area contributed by atoms with Crippen molar-refractivity contribution in [2.45, 2.75) is 31.5 Å². The highest BCUT2D eigenvalue weighted by molar-refractivity contribution is 7.13. The number of nitrogens with zero attached hydrogens (tertiary/aromatic N) is 1. The average molecular weight is 499 g/mol. The van der Waals surface area contributed by atoms with Crippen molar-refractivity contribution in [3.8, 4) is 10.6 Å². The number of hydrogen-bond donors (Lipinski definition) is 2. The molecule has 5 rings (SSSR count). The molecule has 2 aromatic carbocycles. The molecule has 3 heterocycles. The van der Waals surface area contributed by atoms with E-state index in [-0.39, 0.29) is 37.2 Å². The summed E-state index contributed by atoms with van der Waals surface area (Å²) in [5, 5.41) is 11.7. The fourth-order valence-electron chi connectivity index (χ4n) is 4.14. The van der Waals surface area contributed by atoms with Gasteiger partial charge in [-0.1, -0.05) is 30.3 Å². The van der Waals surface area contributed by atoms with Crippen molar-refractivity contribution < 1.29 is 4.42 Å². The van der Waals surface area contributed by atoms with Crippen molar-refractivity contribution >= 4 is 59.5 Å². The van der Waals surface area contributed by atoms with E-state index >= 15 is 0 Å². The fraction of sp³-hybridized carbons (Fsp3) is 0.261. The van der Waals surface area contributed by atoms with Crippen LogP contribution < -0.4 is 10.6 Å². The summed E-state index contributed by atoms with van der Waals surface area (Å²) >= 11 is 1.67. The van der Waals surface area contributed by atoms with E-state index in [0.29, 0.717) is 12.1 Å². The van der Waals surface area contributed by atoms with E-state index in [4.69, 9.17) is 4.42 Å². The highest BCUT2D eigenvalue weighted by atomic mass is 35.5.